The lowest BCUT2D eigenvalue weighted by Gasteiger charge is -2.07. The zero-order chi connectivity index (χ0) is 14.2. The zero-order valence-corrected chi connectivity index (χ0v) is 10.9. The predicted molar refractivity (Wildman–Crippen MR) is 70.2 cm³/mol. The van der Waals surface area contributed by atoms with Gasteiger partial charge < -0.3 is 10.8 Å². The Morgan fingerprint density at radius 3 is 2.63 bits per heavy atom. The Morgan fingerprint density at radius 2 is 2.00 bits per heavy atom. The van der Waals surface area contributed by atoms with E-state index in [0.717, 1.165) is 11.3 Å². The number of carbonyl (C=O) groups excluding carboxylic acids is 1. The molecule has 0 bridgehead atoms. The van der Waals surface area contributed by atoms with Crippen molar-refractivity contribution in [1.29, 1.82) is 0 Å². The van der Waals surface area contributed by atoms with Gasteiger partial charge in [0.1, 0.15) is 6.61 Å². The fourth-order valence-corrected chi connectivity index (χ4v) is 2.62. The SMILES string of the molecule is Cc1ccc(-c2csc(N)c2C(=O)CO)c(F)c1F. The van der Waals surface area contributed by atoms with E-state index in [9.17, 15) is 13.6 Å². The molecule has 0 radical (unpaired) electrons. The molecule has 3 N–H and O–H groups in total. The number of halogens is 2. The second-order valence-electron chi connectivity index (χ2n) is 4.03. The third-order valence-electron chi connectivity index (χ3n) is 2.81. The lowest BCUT2D eigenvalue weighted by Crippen LogP contribution is -2.07. The standard InChI is InChI=1S/C13H11F2NO2S/c1-6-2-3-7(12(15)11(6)14)8-5-19-13(16)10(8)9(18)4-17/h2-3,5,17H,4,16H2,1H3. The van der Waals surface area contributed by atoms with Crippen LogP contribution in [-0.2, 0) is 0 Å². The molecule has 0 amide bonds. The van der Waals surface area contributed by atoms with Crippen LogP contribution in [0.2, 0.25) is 0 Å². The van der Waals surface area contributed by atoms with Crippen molar-refractivity contribution >= 4 is 22.1 Å². The Kier molecular flexibility index (Phi) is 3.64. The topological polar surface area (TPSA) is 63.3 Å². The number of benzene rings is 1. The maximum atomic E-state index is 13.9. The maximum absolute atomic E-state index is 13.9. The van der Waals surface area contributed by atoms with Crippen molar-refractivity contribution in [2.24, 2.45) is 0 Å². The second-order valence-corrected chi connectivity index (χ2v) is 4.94. The number of hydrogen-bond donors (Lipinski definition) is 2. The quantitative estimate of drug-likeness (QED) is 0.851. The van der Waals surface area contributed by atoms with E-state index in [1.165, 1.54) is 24.4 Å². The average molecular weight is 283 g/mol. The Bertz CT molecular complexity index is 652. The third-order valence-corrected chi connectivity index (χ3v) is 3.62. The van der Waals surface area contributed by atoms with E-state index in [1.807, 2.05) is 0 Å². The number of hydrogen-bond acceptors (Lipinski definition) is 4. The summed E-state index contributed by atoms with van der Waals surface area (Å²) in [6.07, 6.45) is 0. The molecular formula is C13H11F2NO2S. The Labute approximate surface area is 112 Å². The largest absolute Gasteiger partial charge is 0.390 e. The molecule has 3 nitrogen and oxygen atoms in total. The van der Waals surface area contributed by atoms with Crippen molar-refractivity contribution in [1.82, 2.24) is 0 Å². The normalized spacial score (nSPS) is 10.7. The smallest absolute Gasteiger partial charge is 0.191 e. The van der Waals surface area contributed by atoms with Gasteiger partial charge in [-0.05, 0) is 12.5 Å². The summed E-state index contributed by atoms with van der Waals surface area (Å²) in [6.45, 7) is 0.716. The summed E-state index contributed by atoms with van der Waals surface area (Å²) in [5.74, 6) is -2.59. The van der Waals surface area contributed by atoms with Crippen LogP contribution in [0.5, 0.6) is 0 Å². The van der Waals surface area contributed by atoms with Gasteiger partial charge in [0.2, 0.25) is 0 Å². The van der Waals surface area contributed by atoms with E-state index < -0.39 is 24.0 Å². The molecule has 6 heteroatoms. The first-order valence-corrected chi connectivity index (χ1v) is 6.31. The van der Waals surface area contributed by atoms with Crippen LogP contribution in [-0.4, -0.2) is 17.5 Å². The van der Waals surface area contributed by atoms with Crippen molar-refractivity contribution in [3.05, 3.63) is 40.3 Å². The van der Waals surface area contributed by atoms with Gasteiger partial charge in [0, 0.05) is 16.5 Å². The van der Waals surface area contributed by atoms with Gasteiger partial charge in [0.25, 0.3) is 0 Å². The molecule has 1 aromatic carbocycles. The van der Waals surface area contributed by atoms with E-state index in [-0.39, 0.29) is 27.3 Å². The summed E-state index contributed by atoms with van der Waals surface area (Å²) < 4.78 is 27.5. The molecule has 2 aromatic rings. The minimum absolute atomic E-state index is 0.0344. The van der Waals surface area contributed by atoms with E-state index in [2.05, 4.69) is 0 Å². The van der Waals surface area contributed by atoms with Crippen molar-refractivity contribution in [3.8, 4) is 11.1 Å². The number of carbonyl (C=O) groups is 1. The molecule has 0 aliphatic heterocycles. The number of Topliss-reactive ketones (excluding diaryl/α,β-unsaturated/α-hetero) is 1. The first-order chi connectivity index (χ1) is 8.97. The van der Waals surface area contributed by atoms with Crippen LogP contribution in [0.1, 0.15) is 15.9 Å². The molecule has 100 valence electrons. The van der Waals surface area contributed by atoms with Gasteiger partial charge >= 0.3 is 0 Å². The van der Waals surface area contributed by atoms with Gasteiger partial charge in [-0.3, -0.25) is 4.79 Å². The third kappa shape index (κ3) is 2.24. The number of aryl methyl sites for hydroxylation is 1. The van der Waals surface area contributed by atoms with Gasteiger partial charge in [-0.25, -0.2) is 8.78 Å². The van der Waals surface area contributed by atoms with E-state index in [0.29, 0.717) is 0 Å². The van der Waals surface area contributed by atoms with Gasteiger partial charge in [-0.1, -0.05) is 12.1 Å². The molecule has 0 saturated carbocycles. The first kappa shape index (κ1) is 13.6. The number of ketones is 1. The molecule has 2 rings (SSSR count). The van der Waals surface area contributed by atoms with Gasteiger partial charge in [-0.15, -0.1) is 11.3 Å². The summed E-state index contributed by atoms with van der Waals surface area (Å²) in [5.41, 5.74) is 6.03. The Morgan fingerprint density at radius 1 is 1.32 bits per heavy atom. The highest BCUT2D eigenvalue weighted by Gasteiger charge is 2.21. The van der Waals surface area contributed by atoms with E-state index in [1.54, 1.807) is 0 Å². The fourth-order valence-electron chi connectivity index (χ4n) is 1.79. The molecule has 0 atom stereocenters. The van der Waals surface area contributed by atoms with Crippen molar-refractivity contribution in [2.45, 2.75) is 6.92 Å². The minimum atomic E-state index is -1.02. The highest BCUT2D eigenvalue weighted by Crippen LogP contribution is 2.36. The molecular weight excluding hydrogens is 272 g/mol. The predicted octanol–water partition coefficient (Wildman–Crippen LogP) is 2.76. The molecule has 0 aliphatic carbocycles. The number of anilines is 1. The zero-order valence-electron chi connectivity index (χ0n) is 10.0. The van der Waals surface area contributed by atoms with Crippen LogP contribution in [0.4, 0.5) is 13.8 Å². The van der Waals surface area contributed by atoms with Gasteiger partial charge in [0.05, 0.1) is 10.6 Å². The molecule has 0 spiro atoms. The maximum Gasteiger partial charge on any atom is 0.191 e. The molecule has 0 saturated heterocycles. The second kappa shape index (κ2) is 5.07. The summed E-state index contributed by atoms with van der Waals surface area (Å²) in [6, 6.07) is 2.82. The van der Waals surface area contributed by atoms with Crippen LogP contribution in [0.3, 0.4) is 0 Å². The van der Waals surface area contributed by atoms with Gasteiger partial charge in [-0.2, -0.15) is 0 Å². The molecule has 1 heterocycles. The number of thiophene rings is 1. The summed E-state index contributed by atoms with van der Waals surface area (Å²) >= 11 is 1.05. The Balaban J connectivity index is 2.67. The number of nitrogen functional groups attached to an aromatic ring is 1. The first-order valence-electron chi connectivity index (χ1n) is 5.43. The number of nitrogens with two attached hydrogens (primary N) is 1. The molecule has 0 aliphatic rings. The number of rotatable bonds is 3. The number of aliphatic hydroxyl groups is 1. The van der Waals surface area contributed by atoms with Crippen molar-refractivity contribution < 1.29 is 18.7 Å². The summed E-state index contributed by atoms with van der Waals surface area (Å²) in [5, 5.41) is 10.6. The van der Waals surface area contributed by atoms with Crippen LogP contribution in [0.15, 0.2) is 17.5 Å². The van der Waals surface area contributed by atoms with Crippen LogP contribution in [0, 0.1) is 18.6 Å². The van der Waals surface area contributed by atoms with Crippen LogP contribution in [0.25, 0.3) is 11.1 Å². The van der Waals surface area contributed by atoms with Crippen molar-refractivity contribution in [2.75, 3.05) is 12.3 Å². The fraction of sp³-hybridized carbons (Fsp3) is 0.154. The minimum Gasteiger partial charge on any atom is -0.390 e. The van der Waals surface area contributed by atoms with Crippen LogP contribution >= 0.6 is 11.3 Å². The lowest BCUT2D eigenvalue weighted by atomic mass is 9.99. The molecule has 0 unspecified atom stereocenters. The van der Waals surface area contributed by atoms with Crippen LogP contribution < -0.4 is 5.73 Å². The molecule has 0 fully saturated rings. The molecule has 19 heavy (non-hydrogen) atoms. The number of aliphatic hydroxyl groups excluding tert-OH is 1. The summed E-state index contributed by atoms with van der Waals surface area (Å²) in [7, 11) is 0. The average Bonchev–Trinajstić information content (AvgIpc) is 2.77. The van der Waals surface area contributed by atoms with E-state index in [4.69, 9.17) is 10.8 Å². The van der Waals surface area contributed by atoms with E-state index >= 15 is 0 Å². The Hall–Kier alpha value is -1.79. The lowest BCUT2D eigenvalue weighted by molar-refractivity contribution is 0.0905. The highest BCUT2D eigenvalue weighted by atomic mass is 32.1. The summed E-state index contributed by atoms with van der Waals surface area (Å²) in [4.78, 5) is 11.6. The monoisotopic (exact) mass is 283 g/mol. The van der Waals surface area contributed by atoms with Crippen molar-refractivity contribution in [3.63, 3.8) is 0 Å². The highest BCUT2D eigenvalue weighted by molar-refractivity contribution is 7.15. The molecule has 1 aromatic heterocycles. The van der Waals surface area contributed by atoms with Gasteiger partial charge in [0.15, 0.2) is 17.4 Å².